The molecule has 0 atom stereocenters. The normalized spacial score (nSPS) is 18.0. The summed E-state index contributed by atoms with van der Waals surface area (Å²) in [6, 6.07) is 7.54. The van der Waals surface area contributed by atoms with Gasteiger partial charge in [-0.15, -0.1) is 0 Å². The van der Waals surface area contributed by atoms with Crippen LogP contribution in [0.2, 0.25) is 0 Å². The molecule has 0 amide bonds. The number of halogens is 3. The second-order valence-corrected chi connectivity index (χ2v) is 10.3. The van der Waals surface area contributed by atoms with E-state index < -0.39 is 27.4 Å². The van der Waals surface area contributed by atoms with E-state index in [1.54, 1.807) is 32.0 Å². The minimum Gasteiger partial charge on any atom is -0.308 e. The van der Waals surface area contributed by atoms with Crippen molar-refractivity contribution >= 4 is 28.0 Å². The van der Waals surface area contributed by atoms with Gasteiger partial charge in [0.1, 0.15) is 5.82 Å². The SMILES string of the molecule is Cc1cc(/C=C2\CN(S(=O)(=O)CCN(C)C)C/C(=C\c3ccc(F)c(F)c3)C2=O)ccc1F. The molecule has 2 aromatic carbocycles. The Bertz CT molecular complexity index is 1160. The number of nitrogens with zero attached hydrogens (tertiary/aromatic N) is 2. The Morgan fingerprint density at radius 1 is 0.909 bits per heavy atom. The van der Waals surface area contributed by atoms with Crippen molar-refractivity contribution in [2.24, 2.45) is 0 Å². The van der Waals surface area contributed by atoms with E-state index in [0.29, 0.717) is 17.7 Å². The molecule has 1 fully saturated rings. The Kier molecular flexibility index (Phi) is 7.56. The fourth-order valence-electron chi connectivity index (χ4n) is 3.39. The molecule has 9 heteroatoms. The zero-order chi connectivity index (χ0) is 24.3. The molecular weight excluding hydrogens is 453 g/mol. The van der Waals surface area contributed by atoms with Crippen LogP contribution in [-0.4, -0.2) is 62.9 Å². The number of rotatable bonds is 6. The molecule has 0 saturated carbocycles. The second kappa shape index (κ2) is 10.0. The van der Waals surface area contributed by atoms with Crippen LogP contribution in [0.4, 0.5) is 13.2 Å². The summed E-state index contributed by atoms with van der Waals surface area (Å²) < 4.78 is 67.7. The summed E-state index contributed by atoms with van der Waals surface area (Å²) in [5.41, 5.74) is 1.51. The van der Waals surface area contributed by atoms with Gasteiger partial charge in [0.2, 0.25) is 10.0 Å². The van der Waals surface area contributed by atoms with E-state index in [9.17, 15) is 26.4 Å². The van der Waals surface area contributed by atoms with Gasteiger partial charge in [0.05, 0.1) is 5.75 Å². The number of carbonyl (C=O) groups excluding carboxylic acids is 1. The molecule has 1 heterocycles. The van der Waals surface area contributed by atoms with Gasteiger partial charge >= 0.3 is 0 Å². The first-order valence-electron chi connectivity index (χ1n) is 10.3. The fourth-order valence-corrected chi connectivity index (χ4v) is 4.92. The highest BCUT2D eigenvalue weighted by atomic mass is 32.2. The molecule has 0 unspecified atom stereocenters. The molecule has 1 aliphatic heterocycles. The summed E-state index contributed by atoms with van der Waals surface area (Å²) >= 11 is 0. The lowest BCUT2D eigenvalue weighted by molar-refractivity contribution is -0.113. The number of benzene rings is 2. The van der Waals surface area contributed by atoms with Crippen LogP contribution in [-0.2, 0) is 14.8 Å². The minimum atomic E-state index is -3.72. The van der Waals surface area contributed by atoms with Crippen LogP contribution in [0.1, 0.15) is 16.7 Å². The van der Waals surface area contributed by atoms with Crippen molar-refractivity contribution < 1.29 is 26.4 Å². The van der Waals surface area contributed by atoms with Crippen molar-refractivity contribution in [1.82, 2.24) is 9.21 Å². The summed E-state index contributed by atoms with van der Waals surface area (Å²) in [6.07, 6.45) is 2.89. The Hall–Kier alpha value is -2.75. The predicted octanol–water partition coefficient (Wildman–Crippen LogP) is 3.66. The van der Waals surface area contributed by atoms with Crippen molar-refractivity contribution in [1.29, 1.82) is 0 Å². The van der Waals surface area contributed by atoms with Crippen LogP contribution in [0.3, 0.4) is 0 Å². The molecule has 0 radical (unpaired) electrons. The summed E-state index contributed by atoms with van der Waals surface area (Å²) in [5, 5.41) is 0. The van der Waals surface area contributed by atoms with E-state index >= 15 is 0 Å². The molecule has 0 bridgehead atoms. The molecule has 3 rings (SSSR count). The Labute approximate surface area is 191 Å². The van der Waals surface area contributed by atoms with Crippen LogP contribution in [0.15, 0.2) is 47.5 Å². The van der Waals surface area contributed by atoms with Gasteiger partial charge in [0, 0.05) is 30.8 Å². The van der Waals surface area contributed by atoms with Gasteiger partial charge in [0.25, 0.3) is 0 Å². The number of ketones is 1. The van der Waals surface area contributed by atoms with Crippen molar-refractivity contribution in [3.05, 3.63) is 81.7 Å². The van der Waals surface area contributed by atoms with Gasteiger partial charge in [-0.3, -0.25) is 4.79 Å². The standard InChI is InChI=1S/C24H25F3N2O3S/c1-16-10-17(4-6-21(16)25)11-19-14-29(33(31,32)9-8-28(2)3)15-20(24(19)30)12-18-5-7-22(26)23(27)13-18/h4-7,10-13H,8-9,14-15H2,1-3H3/b19-11+,20-12+. The highest BCUT2D eigenvalue weighted by molar-refractivity contribution is 7.89. The number of carbonyl (C=O) groups is 1. The Morgan fingerprint density at radius 2 is 1.45 bits per heavy atom. The topological polar surface area (TPSA) is 57.7 Å². The molecule has 0 spiro atoms. The lowest BCUT2D eigenvalue weighted by Crippen LogP contribution is -2.43. The van der Waals surface area contributed by atoms with E-state index in [0.717, 1.165) is 12.1 Å². The summed E-state index contributed by atoms with van der Waals surface area (Å²) in [5.74, 6) is -3.03. The van der Waals surface area contributed by atoms with Crippen LogP contribution >= 0.6 is 0 Å². The number of Topliss-reactive ketones (excluding diaryl/α,β-unsaturated/α-hetero) is 1. The molecular formula is C24H25F3N2O3S. The van der Waals surface area contributed by atoms with Crippen LogP contribution < -0.4 is 0 Å². The molecule has 0 N–H and O–H groups in total. The highest BCUT2D eigenvalue weighted by Gasteiger charge is 2.33. The monoisotopic (exact) mass is 478 g/mol. The van der Waals surface area contributed by atoms with E-state index in [1.165, 1.54) is 34.7 Å². The number of hydrogen-bond acceptors (Lipinski definition) is 4. The van der Waals surface area contributed by atoms with Crippen LogP contribution in [0.25, 0.3) is 12.2 Å². The van der Waals surface area contributed by atoms with Crippen LogP contribution in [0, 0.1) is 24.4 Å². The third kappa shape index (κ3) is 6.19. The average Bonchev–Trinajstić information content (AvgIpc) is 2.74. The number of sulfonamides is 1. The van der Waals surface area contributed by atoms with E-state index in [2.05, 4.69) is 0 Å². The maximum atomic E-state index is 13.7. The second-order valence-electron chi connectivity index (χ2n) is 8.24. The molecule has 5 nitrogen and oxygen atoms in total. The van der Waals surface area contributed by atoms with Gasteiger partial charge in [-0.1, -0.05) is 12.1 Å². The third-order valence-electron chi connectivity index (χ3n) is 5.27. The van der Waals surface area contributed by atoms with Gasteiger partial charge in [-0.05, 0) is 74.1 Å². The maximum Gasteiger partial charge on any atom is 0.215 e. The number of hydrogen-bond donors (Lipinski definition) is 0. The van der Waals surface area contributed by atoms with Gasteiger partial charge in [-0.2, -0.15) is 4.31 Å². The van der Waals surface area contributed by atoms with Crippen molar-refractivity contribution in [3.63, 3.8) is 0 Å². The molecule has 0 aliphatic carbocycles. The summed E-state index contributed by atoms with van der Waals surface area (Å²) in [6.45, 7) is 1.56. The van der Waals surface area contributed by atoms with Gasteiger partial charge < -0.3 is 4.90 Å². The Balaban J connectivity index is 2.04. The summed E-state index contributed by atoms with van der Waals surface area (Å²) in [4.78, 5) is 14.9. The van der Waals surface area contributed by atoms with Crippen LogP contribution in [0.5, 0.6) is 0 Å². The maximum absolute atomic E-state index is 13.7. The molecule has 1 aliphatic rings. The lowest BCUT2D eigenvalue weighted by atomic mass is 9.95. The smallest absolute Gasteiger partial charge is 0.215 e. The van der Waals surface area contributed by atoms with Gasteiger partial charge in [-0.25, -0.2) is 21.6 Å². The summed E-state index contributed by atoms with van der Waals surface area (Å²) in [7, 11) is -0.207. The largest absolute Gasteiger partial charge is 0.308 e. The quantitative estimate of drug-likeness (QED) is 0.595. The molecule has 176 valence electrons. The molecule has 1 saturated heterocycles. The first-order valence-corrected chi connectivity index (χ1v) is 11.9. The van der Waals surface area contributed by atoms with E-state index in [1.807, 2.05) is 0 Å². The predicted molar refractivity (Wildman–Crippen MR) is 122 cm³/mol. The molecule has 33 heavy (non-hydrogen) atoms. The third-order valence-corrected chi connectivity index (χ3v) is 7.02. The Morgan fingerprint density at radius 3 is 1.97 bits per heavy atom. The van der Waals surface area contributed by atoms with Crippen molar-refractivity contribution in [2.75, 3.05) is 39.5 Å². The van der Waals surface area contributed by atoms with E-state index in [-0.39, 0.29) is 41.4 Å². The fraction of sp³-hybridized carbons (Fsp3) is 0.292. The lowest BCUT2D eigenvalue weighted by Gasteiger charge is -2.29. The first kappa shape index (κ1) is 24.9. The molecule has 0 aromatic heterocycles. The zero-order valence-electron chi connectivity index (χ0n) is 18.6. The zero-order valence-corrected chi connectivity index (χ0v) is 19.4. The van der Waals surface area contributed by atoms with Crippen molar-refractivity contribution in [3.8, 4) is 0 Å². The minimum absolute atomic E-state index is 0.130. The van der Waals surface area contributed by atoms with E-state index in [4.69, 9.17) is 0 Å². The molecule has 2 aromatic rings. The average molecular weight is 479 g/mol. The first-order chi connectivity index (χ1) is 15.5. The highest BCUT2D eigenvalue weighted by Crippen LogP contribution is 2.25. The number of piperidine rings is 1. The van der Waals surface area contributed by atoms with Gasteiger partial charge in [0.15, 0.2) is 17.4 Å². The van der Waals surface area contributed by atoms with Crippen molar-refractivity contribution in [2.45, 2.75) is 6.92 Å². The number of aryl methyl sites for hydroxylation is 1.